The van der Waals surface area contributed by atoms with Crippen LogP contribution in [0.5, 0.6) is 0 Å². The average Bonchev–Trinajstić information content (AvgIpc) is 2.74. The van der Waals surface area contributed by atoms with Gasteiger partial charge in [0.05, 0.1) is 5.69 Å². The van der Waals surface area contributed by atoms with Gasteiger partial charge in [-0.2, -0.15) is 5.26 Å². The van der Waals surface area contributed by atoms with Crippen molar-refractivity contribution in [2.24, 2.45) is 0 Å². The van der Waals surface area contributed by atoms with Crippen molar-refractivity contribution in [1.82, 2.24) is 5.32 Å². The molecule has 0 fully saturated rings. The molecule has 0 atom stereocenters. The lowest BCUT2D eigenvalue weighted by molar-refractivity contribution is -0.112. The van der Waals surface area contributed by atoms with Gasteiger partial charge in [-0.15, -0.1) is 0 Å². The van der Waals surface area contributed by atoms with Crippen LogP contribution in [0.1, 0.15) is 5.56 Å². The first-order valence-corrected chi connectivity index (χ1v) is 10.1. The number of nitrogens with zero attached hydrogens (tertiary/aromatic N) is 1. The first-order valence-electron chi connectivity index (χ1n) is 8.87. The van der Waals surface area contributed by atoms with Crippen molar-refractivity contribution >= 4 is 35.0 Å². The molecule has 0 aromatic heterocycles. The highest BCUT2D eigenvalue weighted by Crippen LogP contribution is 2.33. The van der Waals surface area contributed by atoms with Crippen molar-refractivity contribution in [3.63, 3.8) is 0 Å². The summed E-state index contributed by atoms with van der Waals surface area (Å²) in [5.74, 6) is -0.461. The lowest BCUT2D eigenvalue weighted by atomic mass is 10.2. The monoisotopic (exact) mass is 419 g/mol. The molecule has 4 nitrogen and oxygen atoms in total. The average molecular weight is 420 g/mol. The zero-order valence-corrected chi connectivity index (χ0v) is 17.0. The molecule has 3 aromatic carbocycles. The molecule has 0 heterocycles. The largest absolute Gasteiger partial charge is 0.386 e. The summed E-state index contributed by atoms with van der Waals surface area (Å²) in [4.78, 5) is 14.5. The first kappa shape index (κ1) is 20.5. The Hall–Kier alpha value is -3.20. The second-order valence-electron chi connectivity index (χ2n) is 6.04. The molecule has 0 aliphatic heterocycles. The number of halogens is 1. The Morgan fingerprint density at radius 2 is 1.69 bits per heavy atom. The normalized spacial score (nSPS) is 10.8. The molecular formula is C23H18ClN3OS. The highest BCUT2D eigenvalue weighted by molar-refractivity contribution is 7.99. The maximum absolute atomic E-state index is 12.6. The van der Waals surface area contributed by atoms with Crippen LogP contribution in [0.3, 0.4) is 0 Å². The second kappa shape index (κ2) is 10.4. The smallest absolute Gasteiger partial charge is 0.267 e. The quantitative estimate of drug-likeness (QED) is 0.385. The summed E-state index contributed by atoms with van der Waals surface area (Å²) >= 11 is 7.42. The van der Waals surface area contributed by atoms with E-state index >= 15 is 0 Å². The lowest BCUT2D eigenvalue weighted by Gasteiger charge is -2.10. The van der Waals surface area contributed by atoms with Crippen molar-refractivity contribution < 1.29 is 4.79 Å². The van der Waals surface area contributed by atoms with Crippen LogP contribution in [-0.4, -0.2) is 5.91 Å². The minimum atomic E-state index is -0.461. The second-order valence-corrected chi connectivity index (χ2v) is 7.59. The summed E-state index contributed by atoms with van der Waals surface area (Å²) in [7, 11) is 0. The van der Waals surface area contributed by atoms with Gasteiger partial charge in [-0.05, 0) is 42.0 Å². The van der Waals surface area contributed by atoms with Gasteiger partial charge in [0.2, 0.25) is 0 Å². The van der Waals surface area contributed by atoms with Crippen molar-refractivity contribution in [1.29, 1.82) is 5.26 Å². The fraction of sp³-hybridized carbons (Fsp3) is 0.0435. The molecule has 144 valence electrons. The Balaban J connectivity index is 1.66. The molecule has 29 heavy (non-hydrogen) atoms. The third kappa shape index (κ3) is 6.15. The van der Waals surface area contributed by atoms with E-state index < -0.39 is 5.91 Å². The van der Waals surface area contributed by atoms with E-state index in [1.54, 1.807) is 23.9 Å². The van der Waals surface area contributed by atoms with Crippen LogP contribution in [0, 0.1) is 11.3 Å². The van der Waals surface area contributed by atoms with Crippen LogP contribution < -0.4 is 10.6 Å². The predicted octanol–water partition coefficient (Wildman–Crippen LogP) is 5.63. The molecule has 3 rings (SSSR count). The minimum absolute atomic E-state index is 0.00141. The Morgan fingerprint density at radius 3 is 2.41 bits per heavy atom. The molecule has 2 N–H and O–H groups in total. The third-order valence-corrected chi connectivity index (χ3v) is 5.27. The van der Waals surface area contributed by atoms with Gasteiger partial charge in [0, 0.05) is 27.6 Å². The Kier molecular flexibility index (Phi) is 7.34. The van der Waals surface area contributed by atoms with E-state index in [1.165, 1.54) is 6.20 Å². The molecule has 0 unspecified atom stereocenters. The maximum Gasteiger partial charge on any atom is 0.267 e. The fourth-order valence-electron chi connectivity index (χ4n) is 2.49. The summed E-state index contributed by atoms with van der Waals surface area (Å²) in [5.41, 5.74) is 1.65. The molecule has 0 bridgehead atoms. The number of nitrogens with one attached hydrogen (secondary N) is 2. The summed E-state index contributed by atoms with van der Waals surface area (Å²) in [6.07, 6.45) is 1.43. The summed E-state index contributed by atoms with van der Waals surface area (Å²) in [6.45, 7) is 0.482. The molecule has 0 radical (unpaired) electrons. The zero-order valence-electron chi connectivity index (χ0n) is 15.4. The summed E-state index contributed by atoms with van der Waals surface area (Å²) < 4.78 is 0. The van der Waals surface area contributed by atoms with E-state index in [2.05, 4.69) is 10.6 Å². The van der Waals surface area contributed by atoms with Crippen LogP contribution in [0.25, 0.3) is 0 Å². The number of hydrogen-bond donors (Lipinski definition) is 2. The fourth-order valence-corrected chi connectivity index (χ4v) is 3.53. The summed E-state index contributed by atoms with van der Waals surface area (Å²) in [5, 5.41) is 15.9. The number of para-hydroxylation sites is 1. The van der Waals surface area contributed by atoms with Crippen molar-refractivity contribution in [3.8, 4) is 6.07 Å². The van der Waals surface area contributed by atoms with Gasteiger partial charge < -0.3 is 10.6 Å². The van der Waals surface area contributed by atoms with E-state index in [4.69, 9.17) is 11.6 Å². The molecule has 0 spiro atoms. The van der Waals surface area contributed by atoms with Gasteiger partial charge in [0.15, 0.2) is 0 Å². The number of rotatable bonds is 7. The van der Waals surface area contributed by atoms with E-state index in [0.29, 0.717) is 17.3 Å². The van der Waals surface area contributed by atoms with Crippen LogP contribution in [0.15, 0.2) is 100 Å². The summed E-state index contributed by atoms with van der Waals surface area (Å²) in [6, 6.07) is 26.7. The van der Waals surface area contributed by atoms with Gasteiger partial charge in [-0.25, -0.2) is 0 Å². The van der Waals surface area contributed by atoms with Gasteiger partial charge in [-0.1, -0.05) is 65.8 Å². The molecule has 0 saturated carbocycles. The number of amides is 1. The minimum Gasteiger partial charge on any atom is -0.386 e. The van der Waals surface area contributed by atoms with Crippen LogP contribution in [0.2, 0.25) is 5.02 Å². The number of benzene rings is 3. The molecule has 1 amide bonds. The van der Waals surface area contributed by atoms with Gasteiger partial charge >= 0.3 is 0 Å². The van der Waals surface area contributed by atoms with E-state index in [0.717, 1.165) is 15.4 Å². The first-order chi connectivity index (χ1) is 14.2. The Morgan fingerprint density at radius 1 is 1.00 bits per heavy atom. The van der Waals surface area contributed by atoms with E-state index in [1.807, 2.05) is 72.8 Å². The number of carbonyl (C=O) groups excluding carboxylic acids is 1. The molecule has 0 aliphatic rings. The van der Waals surface area contributed by atoms with Crippen molar-refractivity contribution in [3.05, 3.63) is 101 Å². The Labute approximate surface area is 179 Å². The highest BCUT2D eigenvalue weighted by atomic mass is 35.5. The van der Waals surface area contributed by atoms with Gasteiger partial charge in [0.25, 0.3) is 5.91 Å². The van der Waals surface area contributed by atoms with Crippen LogP contribution in [0.4, 0.5) is 5.69 Å². The van der Waals surface area contributed by atoms with E-state index in [-0.39, 0.29) is 5.57 Å². The number of hydrogen-bond acceptors (Lipinski definition) is 4. The number of carbonyl (C=O) groups is 1. The number of anilines is 1. The predicted molar refractivity (Wildman–Crippen MR) is 118 cm³/mol. The molecule has 3 aromatic rings. The highest BCUT2D eigenvalue weighted by Gasteiger charge is 2.12. The van der Waals surface area contributed by atoms with E-state index in [9.17, 15) is 10.1 Å². The Bertz CT molecular complexity index is 1040. The molecule has 6 heteroatoms. The molecule has 0 saturated heterocycles. The van der Waals surface area contributed by atoms with Crippen LogP contribution in [-0.2, 0) is 11.3 Å². The topological polar surface area (TPSA) is 64.9 Å². The van der Waals surface area contributed by atoms with Crippen molar-refractivity contribution in [2.75, 3.05) is 5.32 Å². The maximum atomic E-state index is 12.6. The van der Waals surface area contributed by atoms with Gasteiger partial charge in [0.1, 0.15) is 11.6 Å². The molecular weight excluding hydrogens is 402 g/mol. The third-order valence-electron chi connectivity index (χ3n) is 3.94. The lowest BCUT2D eigenvalue weighted by Crippen LogP contribution is -2.17. The zero-order chi connectivity index (χ0) is 20.5. The van der Waals surface area contributed by atoms with Crippen LogP contribution >= 0.6 is 23.4 Å². The number of nitriles is 1. The van der Waals surface area contributed by atoms with Gasteiger partial charge in [-0.3, -0.25) is 4.79 Å². The van der Waals surface area contributed by atoms with Crippen molar-refractivity contribution in [2.45, 2.75) is 16.3 Å². The standard InChI is InChI=1S/C23H18ClN3OS/c24-19-12-10-17(11-13-19)15-26-16-18(14-25)23(28)27-21-8-4-5-9-22(21)29-20-6-2-1-3-7-20/h1-13,16,26H,15H2,(H,27,28)/b18-16-. The molecule has 0 aliphatic carbocycles. The SMILES string of the molecule is N#C/C(=C/NCc1ccc(Cl)cc1)C(=O)Nc1ccccc1Sc1ccccc1.